The number of para-hydroxylation sites is 1. The Kier molecular flexibility index (Phi) is 5.21. The van der Waals surface area contributed by atoms with Crippen LogP contribution in [0.15, 0.2) is 36.4 Å². The summed E-state index contributed by atoms with van der Waals surface area (Å²) >= 11 is 13.6. The van der Waals surface area contributed by atoms with Gasteiger partial charge in [-0.2, -0.15) is 0 Å². The number of carbonyl (C=O) groups excluding carboxylic acids is 1. The van der Waals surface area contributed by atoms with Crippen LogP contribution in [0.5, 0.6) is 5.19 Å². The number of halogens is 3. The lowest BCUT2D eigenvalue weighted by Gasteiger charge is -2.31. The van der Waals surface area contributed by atoms with Crippen molar-refractivity contribution in [1.29, 1.82) is 0 Å². The number of carbonyl (C=O) groups is 1. The molecule has 0 unspecified atom stereocenters. The van der Waals surface area contributed by atoms with Gasteiger partial charge in [-0.05, 0) is 30.3 Å². The van der Waals surface area contributed by atoms with Gasteiger partial charge in [-0.1, -0.05) is 40.6 Å². The second-order valence-corrected chi connectivity index (χ2v) is 8.11. The number of benzene rings is 2. The number of thiazole rings is 1. The fraction of sp³-hybridized carbons (Fsp3) is 0.263. The zero-order chi connectivity index (χ0) is 19.0. The lowest BCUT2D eigenvalue weighted by molar-refractivity contribution is 0.0595. The van der Waals surface area contributed by atoms with Crippen molar-refractivity contribution in [3.05, 3.63) is 57.8 Å². The third-order valence-corrected chi connectivity index (χ3v) is 6.04. The highest BCUT2D eigenvalue weighted by atomic mass is 35.5. The quantitative estimate of drug-likeness (QED) is 0.563. The molecule has 0 spiro atoms. The molecule has 0 bridgehead atoms. The van der Waals surface area contributed by atoms with Gasteiger partial charge in [-0.15, -0.1) is 0 Å². The van der Waals surface area contributed by atoms with Crippen molar-refractivity contribution >= 4 is 50.7 Å². The van der Waals surface area contributed by atoms with Crippen molar-refractivity contribution < 1.29 is 13.9 Å². The topological polar surface area (TPSA) is 42.4 Å². The number of piperidine rings is 1. The third kappa shape index (κ3) is 3.88. The first-order valence-electron chi connectivity index (χ1n) is 8.47. The Labute approximate surface area is 169 Å². The number of likely N-dealkylation sites (tertiary alicyclic amines) is 1. The number of nitrogens with zero attached hydrogens (tertiary/aromatic N) is 2. The highest BCUT2D eigenvalue weighted by Crippen LogP contribution is 2.33. The first-order valence-corrected chi connectivity index (χ1v) is 10.0. The Morgan fingerprint density at radius 3 is 2.67 bits per heavy atom. The summed E-state index contributed by atoms with van der Waals surface area (Å²) in [6.07, 6.45) is 1.36. The van der Waals surface area contributed by atoms with Crippen LogP contribution in [0, 0.1) is 5.82 Å². The fourth-order valence-electron chi connectivity index (χ4n) is 3.10. The molecule has 2 heterocycles. The molecule has 0 atom stereocenters. The average Bonchev–Trinajstić information content (AvgIpc) is 3.06. The zero-order valence-corrected chi connectivity index (χ0v) is 16.5. The van der Waals surface area contributed by atoms with E-state index in [2.05, 4.69) is 4.98 Å². The van der Waals surface area contributed by atoms with Crippen LogP contribution in [-0.4, -0.2) is 35.0 Å². The molecule has 0 saturated carbocycles. The van der Waals surface area contributed by atoms with Crippen LogP contribution >= 0.6 is 34.5 Å². The van der Waals surface area contributed by atoms with Gasteiger partial charge in [0.1, 0.15) is 17.4 Å². The first-order chi connectivity index (χ1) is 13.0. The van der Waals surface area contributed by atoms with E-state index >= 15 is 0 Å². The van der Waals surface area contributed by atoms with E-state index in [-0.39, 0.29) is 17.0 Å². The molecular formula is C19H15Cl2FN2O2S. The molecule has 1 saturated heterocycles. The first kappa shape index (κ1) is 18.5. The molecule has 0 aliphatic carbocycles. The molecule has 4 nitrogen and oxygen atoms in total. The SMILES string of the molecule is O=C(c1ccc(F)cc1Cl)N1CCC(Oc2nc3c(Cl)cccc3s2)CC1. The summed E-state index contributed by atoms with van der Waals surface area (Å²) in [5.74, 6) is -0.648. The molecular weight excluding hydrogens is 410 g/mol. The smallest absolute Gasteiger partial charge is 0.274 e. The largest absolute Gasteiger partial charge is 0.467 e. The minimum atomic E-state index is -0.459. The molecule has 1 amide bonds. The molecule has 0 radical (unpaired) electrons. The molecule has 4 rings (SSSR count). The van der Waals surface area contributed by atoms with Crippen LogP contribution in [0.1, 0.15) is 23.2 Å². The Morgan fingerprint density at radius 2 is 1.96 bits per heavy atom. The monoisotopic (exact) mass is 424 g/mol. The van der Waals surface area contributed by atoms with Crippen LogP contribution in [0.4, 0.5) is 4.39 Å². The van der Waals surface area contributed by atoms with Crippen molar-refractivity contribution in [3.8, 4) is 5.19 Å². The van der Waals surface area contributed by atoms with E-state index in [9.17, 15) is 9.18 Å². The Morgan fingerprint density at radius 1 is 1.19 bits per heavy atom. The average molecular weight is 425 g/mol. The summed E-state index contributed by atoms with van der Waals surface area (Å²) in [6.45, 7) is 1.09. The molecule has 1 aliphatic rings. The Hall–Kier alpha value is -1.89. The van der Waals surface area contributed by atoms with Crippen LogP contribution in [0.2, 0.25) is 10.0 Å². The zero-order valence-electron chi connectivity index (χ0n) is 14.1. The van der Waals surface area contributed by atoms with Gasteiger partial charge >= 0.3 is 0 Å². The van der Waals surface area contributed by atoms with Crippen molar-refractivity contribution in [3.63, 3.8) is 0 Å². The number of aromatic nitrogens is 1. The number of ether oxygens (including phenoxy) is 1. The van der Waals surface area contributed by atoms with E-state index < -0.39 is 5.82 Å². The maximum Gasteiger partial charge on any atom is 0.274 e. The van der Waals surface area contributed by atoms with Crippen molar-refractivity contribution in [2.24, 2.45) is 0 Å². The molecule has 8 heteroatoms. The lowest BCUT2D eigenvalue weighted by atomic mass is 10.1. The molecule has 140 valence electrons. The van der Waals surface area contributed by atoms with E-state index in [4.69, 9.17) is 27.9 Å². The van der Waals surface area contributed by atoms with Crippen molar-refractivity contribution in [2.45, 2.75) is 18.9 Å². The van der Waals surface area contributed by atoms with Crippen molar-refractivity contribution in [1.82, 2.24) is 9.88 Å². The minimum absolute atomic E-state index is 0.0166. The molecule has 1 aromatic heterocycles. The van der Waals surface area contributed by atoms with E-state index in [1.807, 2.05) is 12.1 Å². The fourth-order valence-corrected chi connectivity index (χ4v) is 4.53. The summed E-state index contributed by atoms with van der Waals surface area (Å²) in [6, 6.07) is 9.47. The second kappa shape index (κ2) is 7.62. The van der Waals surface area contributed by atoms with Crippen LogP contribution in [0.25, 0.3) is 10.2 Å². The van der Waals surface area contributed by atoms with Crippen molar-refractivity contribution in [2.75, 3.05) is 13.1 Å². The highest BCUT2D eigenvalue weighted by molar-refractivity contribution is 7.20. The molecule has 1 fully saturated rings. The molecule has 27 heavy (non-hydrogen) atoms. The molecule has 1 aliphatic heterocycles. The van der Waals surface area contributed by atoms with E-state index in [0.29, 0.717) is 41.7 Å². The highest BCUT2D eigenvalue weighted by Gasteiger charge is 2.26. The Bertz CT molecular complexity index is 1000. The van der Waals surface area contributed by atoms with Crippen LogP contribution in [0.3, 0.4) is 0 Å². The van der Waals surface area contributed by atoms with E-state index in [0.717, 1.165) is 16.3 Å². The molecule has 2 aromatic carbocycles. The predicted octanol–water partition coefficient (Wildman–Crippen LogP) is 5.43. The van der Waals surface area contributed by atoms with Gasteiger partial charge in [0.25, 0.3) is 11.1 Å². The maximum atomic E-state index is 13.2. The summed E-state index contributed by atoms with van der Waals surface area (Å²) in [7, 11) is 0. The maximum absolute atomic E-state index is 13.2. The number of fused-ring (bicyclic) bond motifs is 1. The van der Waals surface area contributed by atoms with Crippen LogP contribution < -0.4 is 4.74 Å². The van der Waals surface area contributed by atoms with Gasteiger partial charge in [0.15, 0.2) is 0 Å². The lowest BCUT2D eigenvalue weighted by Crippen LogP contribution is -2.41. The van der Waals surface area contributed by atoms with Gasteiger partial charge in [0, 0.05) is 25.9 Å². The molecule has 3 aromatic rings. The van der Waals surface area contributed by atoms with E-state index in [1.165, 1.54) is 23.5 Å². The van der Waals surface area contributed by atoms with Gasteiger partial charge in [0.2, 0.25) is 0 Å². The molecule has 0 N–H and O–H groups in total. The summed E-state index contributed by atoms with van der Waals surface area (Å²) in [5.41, 5.74) is 1.07. The van der Waals surface area contributed by atoms with Gasteiger partial charge in [-0.3, -0.25) is 4.79 Å². The summed E-state index contributed by atoms with van der Waals surface area (Å²) in [4.78, 5) is 18.8. The van der Waals surface area contributed by atoms with Gasteiger partial charge in [-0.25, -0.2) is 9.37 Å². The number of rotatable bonds is 3. The summed E-state index contributed by atoms with van der Waals surface area (Å²) < 4.78 is 20.2. The number of hydrogen-bond donors (Lipinski definition) is 0. The van der Waals surface area contributed by atoms with Crippen LogP contribution in [-0.2, 0) is 0 Å². The predicted molar refractivity (Wildman–Crippen MR) is 106 cm³/mol. The standard InChI is InChI=1S/C19H15Cl2FN2O2S/c20-14-2-1-3-16-17(14)23-19(27-16)26-12-6-8-24(9-7-12)18(25)13-5-4-11(22)10-15(13)21/h1-5,10,12H,6-9H2. The third-order valence-electron chi connectivity index (χ3n) is 4.51. The Balaban J connectivity index is 1.39. The minimum Gasteiger partial charge on any atom is -0.467 e. The van der Waals surface area contributed by atoms with Gasteiger partial charge < -0.3 is 9.64 Å². The second-order valence-electron chi connectivity index (χ2n) is 6.30. The number of hydrogen-bond acceptors (Lipinski definition) is 4. The summed E-state index contributed by atoms with van der Waals surface area (Å²) in [5, 5.41) is 1.32. The van der Waals surface area contributed by atoms with Gasteiger partial charge in [0.05, 0.1) is 20.3 Å². The van der Waals surface area contributed by atoms with E-state index in [1.54, 1.807) is 11.0 Å². The normalized spacial score (nSPS) is 15.3. The number of amides is 1.